The van der Waals surface area contributed by atoms with Crippen LogP contribution in [0, 0.1) is 0 Å². The largest absolute Gasteiger partial charge is 0.463 e. The van der Waals surface area contributed by atoms with Crippen molar-refractivity contribution in [2.45, 2.75) is 102 Å². The van der Waals surface area contributed by atoms with Gasteiger partial charge in [0.25, 0.3) is 11.8 Å². The fourth-order valence-corrected chi connectivity index (χ4v) is 6.29. The molecule has 0 spiro atoms. The minimum Gasteiger partial charge on any atom is -0.463 e. The van der Waals surface area contributed by atoms with Gasteiger partial charge in [-0.1, -0.05) is 23.7 Å². The molecule has 0 bridgehead atoms. The van der Waals surface area contributed by atoms with E-state index in [0.717, 1.165) is 46.4 Å². The van der Waals surface area contributed by atoms with Gasteiger partial charge in [-0.05, 0) is 12.1 Å². The predicted molar refractivity (Wildman–Crippen MR) is 164 cm³/mol. The molecule has 51 heavy (non-hydrogen) atoms. The van der Waals surface area contributed by atoms with Crippen molar-refractivity contribution in [3.05, 3.63) is 35.4 Å². The summed E-state index contributed by atoms with van der Waals surface area (Å²) in [6.45, 7) is 5.13. The molecule has 2 amide bonds. The van der Waals surface area contributed by atoms with Crippen LogP contribution in [0.15, 0.2) is 24.3 Å². The summed E-state index contributed by atoms with van der Waals surface area (Å²) in [7, 11) is 0. The summed E-state index contributed by atoms with van der Waals surface area (Å²) >= 11 is 6.66. The molecule has 4 rings (SSSR count). The first kappa shape index (κ1) is 39.1. The second kappa shape index (κ2) is 16.6. The van der Waals surface area contributed by atoms with E-state index in [1.54, 1.807) is 0 Å². The van der Waals surface area contributed by atoms with Gasteiger partial charge in [-0.25, -0.2) is 0 Å². The Balaban J connectivity index is 1.84. The van der Waals surface area contributed by atoms with Gasteiger partial charge < -0.3 is 42.6 Å². The van der Waals surface area contributed by atoms with E-state index in [0.29, 0.717) is 0 Å². The number of carbonyl (C=O) groups excluding carboxylic acids is 8. The third-order valence-corrected chi connectivity index (χ3v) is 8.08. The quantitative estimate of drug-likeness (QED) is 0.131. The molecule has 2 fully saturated rings. The van der Waals surface area contributed by atoms with Crippen molar-refractivity contribution in [2.24, 2.45) is 0 Å². The highest BCUT2D eigenvalue weighted by atomic mass is 35.5. The molecular weight excluding hydrogens is 706 g/mol. The van der Waals surface area contributed by atoms with Gasteiger partial charge in [0.05, 0.1) is 11.1 Å². The number of hydrogen-bond acceptors (Lipinski definition) is 17. The molecule has 0 aromatic heterocycles. The van der Waals surface area contributed by atoms with Gasteiger partial charge in [0.1, 0.15) is 37.6 Å². The Morgan fingerprint density at radius 2 is 1.04 bits per heavy atom. The van der Waals surface area contributed by atoms with E-state index in [2.05, 4.69) is 0 Å². The van der Waals surface area contributed by atoms with Crippen LogP contribution >= 0.6 is 11.6 Å². The topological polar surface area (TPSA) is 223 Å². The molecule has 3 aliphatic heterocycles. The van der Waals surface area contributed by atoms with E-state index >= 15 is 0 Å². The summed E-state index contributed by atoms with van der Waals surface area (Å²) < 4.78 is 50.6. The van der Waals surface area contributed by atoms with E-state index in [1.165, 1.54) is 24.3 Å². The minimum absolute atomic E-state index is 0.0343. The van der Waals surface area contributed by atoms with Crippen molar-refractivity contribution in [3.8, 4) is 0 Å². The maximum Gasteiger partial charge on any atom is 0.303 e. The number of fused-ring (bicyclic) bond motifs is 1. The van der Waals surface area contributed by atoms with E-state index in [-0.39, 0.29) is 11.1 Å². The maximum atomic E-state index is 13.6. The van der Waals surface area contributed by atoms with Gasteiger partial charge in [-0.15, -0.1) is 0 Å². The average Bonchev–Trinajstić information content (AvgIpc) is 3.27. The number of hydrogen-bond donors (Lipinski definition) is 0. The fraction of sp³-hybridized carbons (Fsp3) is 0.562. The normalized spacial score (nSPS) is 30.1. The molecule has 19 heteroatoms. The van der Waals surface area contributed by atoms with Crippen LogP contribution in [0.3, 0.4) is 0 Å². The van der Waals surface area contributed by atoms with Crippen LogP contribution in [0.2, 0.25) is 0 Å². The molecule has 3 heterocycles. The SMILES string of the molecule is CC(=O)OC[C@H]1O[C@@H](O[C@H]2[C@H](OC(C)=O)[C@H](N3C(=O)c4ccccc4C3=O)[C@@H](Cl)O[C@@H]2COC(C)=O)[C@H](OC(C)=O)[C@@H](OC(C)=O)[C@H]1OC(C)=O. The summed E-state index contributed by atoms with van der Waals surface area (Å²) in [5.74, 6) is -6.76. The van der Waals surface area contributed by atoms with Crippen LogP contribution in [0.5, 0.6) is 0 Å². The van der Waals surface area contributed by atoms with Gasteiger partial charge in [0, 0.05) is 41.5 Å². The lowest BCUT2D eigenvalue weighted by molar-refractivity contribution is -0.338. The van der Waals surface area contributed by atoms with Crippen LogP contribution < -0.4 is 0 Å². The molecular formula is C32H36ClNO17. The molecule has 0 unspecified atom stereocenters. The Hall–Kier alpha value is -4.65. The number of amides is 2. The monoisotopic (exact) mass is 741 g/mol. The Kier molecular flexibility index (Phi) is 12.7. The number of imide groups is 1. The Morgan fingerprint density at radius 3 is 1.51 bits per heavy atom. The molecule has 1 aromatic rings. The van der Waals surface area contributed by atoms with Gasteiger partial charge in [0.15, 0.2) is 36.3 Å². The maximum absolute atomic E-state index is 13.6. The highest BCUT2D eigenvalue weighted by molar-refractivity contribution is 6.24. The first-order chi connectivity index (χ1) is 24.0. The van der Waals surface area contributed by atoms with Crippen LogP contribution in [-0.2, 0) is 71.4 Å². The molecule has 10 atom stereocenters. The van der Waals surface area contributed by atoms with Gasteiger partial charge in [-0.2, -0.15) is 0 Å². The van der Waals surface area contributed by atoms with E-state index in [1.807, 2.05) is 0 Å². The van der Waals surface area contributed by atoms with Crippen LogP contribution in [0.1, 0.15) is 62.3 Å². The number of nitrogens with zero attached hydrogens (tertiary/aromatic N) is 1. The number of halogens is 1. The summed E-state index contributed by atoms with van der Waals surface area (Å²) in [6.07, 6.45) is -12.9. The highest BCUT2D eigenvalue weighted by Gasteiger charge is 2.59. The summed E-state index contributed by atoms with van der Waals surface area (Å²) in [6, 6.07) is 4.33. The molecule has 278 valence electrons. The van der Waals surface area contributed by atoms with Crippen molar-refractivity contribution >= 4 is 59.2 Å². The van der Waals surface area contributed by atoms with Crippen molar-refractivity contribution < 1.29 is 81.0 Å². The van der Waals surface area contributed by atoms with Gasteiger partial charge in [0.2, 0.25) is 0 Å². The lowest BCUT2D eigenvalue weighted by Crippen LogP contribution is -2.68. The Bertz CT molecular complexity index is 1530. The zero-order chi connectivity index (χ0) is 37.7. The number of esters is 6. The second-order valence-electron chi connectivity index (χ2n) is 11.6. The molecule has 18 nitrogen and oxygen atoms in total. The molecule has 0 saturated carbocycles. The van der Waals surface area contributed by atoms with E-state index in [4.69, 9.17) is 54.2 Å². The Morgan fingerprint density at radius 1 is 0.608 bits per heavy atom. The summed E-state index contributed by atoms with van der Waals surface area (Å²) in [5.41, 5.74) is -1.51. The van der Waals surface area contributed by atoms with Crippen molar-refractivity contribution in [2.75, 3.05) is 13.2 Å². The third-order valence-electron chi connectivity index (χ3n) is 7.72. The molecule has 0 radical (unpaired) electrons. The van der Waals surface area contributed by atoms with Crippen LogP contribution in [0.25, 0.3) is 0 Å². The summed E-state index contributed by atoms with van der Waals surface area (Å²) in [4.78, 5) is 101. The number of ether oxygens (including phenoxy) is 9. The summed E-state index contributed by atoms with van der Waals surface area (Å²) in [5, 5.41) is 0. The second-order valence-corrected chi connectivity index (χ2v) is 12.0. The zero-order valence-corrected chi connectivity index (χ0v) is 29.0. The molecule has 1 aromatic carbocycles. The van der Waals surface area contributed by atoms with Gasteiger partial charge >= 0.3 is 35.8 Å². The lowest BCUT2D eigenvalue weighted by Gasteiger charge is -2.49. The number of rotatable bonds is 11. The van der Waals surface area contributed by atoms with Gasteiger partial charge in [-0.3, -0.25) is 43.3 Å². The molecule has 0 N–H and O–H groups in total. The fourth-order valence-electron chi connectivity index (χ4n) is 5.90. The zero-order valence-electron chi connectivity index (χ0n) is 28.3. The average molecular weight is 742 g/mol. The highest BCUT2D eigenvalue weighted by Crippen LogP contribution is 2.39. The molecule has 3 aliphatic rings. The standard InChI is InChI=1S/C32H36ClNO17/c1-13(35)43-11-21-24(26(46-16(4)38)23(29(33)49-21)34-30(41)19-9-7-8-10-20(19)31(34)42)51-32-28(48-18(6)40)27(47-17(5)39)25(45-15(3)37)22(50-32)12-44-14(2)36/h7-10,21-29,32H,11-12H2,1-6H3/t21-,22-,23+,24-,25+,26-,27+,28-,29+,32+/m1/s1. The predicted octanol–water partition coefficient (Wildman–Crippen LogP) is 0.578. The first-order valence-corrected chi connectivity index (χ1v) is 16.0. The van der Waals surface area contributed by atoms with Crippen molar-refractivity contribution in [1.29, 1.82) is 0 Å². The van der Waals surface area contributed by atoms with E-state index in [9.17, 15) is 38.4 Å². The lowest BCUT2D eigenvalue weighted by atomic mass is 9.94. The van der Waals surface area contributed by atoms with E-state index < -0.39 is 121 Å². The Labute approximate surface area is 295 Å². The first-order valence-electron chi connectivity index (χ1n) is 15.5. The molecule has 0 aliphatic carbocycles. The smallest absolute Gasteiger partial charge is 0.303 e. The van der Waals surface area contributed by atoms with Crippen molar-refractivity contribution in [1.82, 2.24) is 4.90 Å². The van der Waals surface area contributed by atoms with Crippen molar-refractivity contribution in [3.63, 3.8) is 0 Å². The number of benzene rings is 1. The number of alkyl halides is 1. The third kappa shape index (κ3) is 9.18. The van der Waals surface area contributed by atoms with Crippen LogP contribution in [-0.4, -0.2) is 126 Å². The minimum atomic E-state index is -1.84. The van der Waals surface area contributed by atoms with Crippen LogP contribution in [0.4, 0.5) is 0 Å². The molecule has 2 saturated heterocycles. The number of carbonyl (C=O) groups is 8.